The van der Waals surface area contributed by atoms with E-state index in [1.165, 1.54) is 0 Å². The van der Waals surface area contributed by atoms with Crippen molar-refractivity contribution in [3.05, 3.63) is 29.3 Å². The Labute approximate surface area is 88.4 Å². The van der Waals surface area contributed by atoms with Gasteiger partial charge >= 0.3 is 0 Å². The molecule has 1 rings (SSSR count). The molecule has 0 fully saturated rings. The molecule has 0 saturated carbocycles. The van der Waals surface area contributed by atoms with Gasteiger partial charge in [-0.2, -0.15) is 12.6 Å². The number of hydrogen-bond donors (Lipinski definition) is 2. The Balaban J connectivity index is 2.99. The van der Waals surface area contributed by atoms with Crippen LogP contribution in [0.2, 0.25) is 0 Å². The molecule has 0 aromatic heterocycles. The normalized spacial score (nSPS) is 8.93. The lowest BCUT2D eigenvalue weighted by molar-refractivity contribution is 0.112. The molecule has 0 saturated heterocycles. The lowest BCUT2D eigenvalue weighted by atomic mass is 10.1. The highest BCUT2D eigenvalue weighted by Crippen LogP contribution is 2.19. The molecular formula is C11H10O2S. The molecule has 0 aliphatic rings. The minimum absolute atomic E-state index is 0.0471. The summed E-state index contributed by atoms with van der Waals surface area (Å²) in [6.07, 6.45) is 1.27. The Morgan fingerprint density at radius 2 is 2.29 bits per heavy atom. The van der Waals surface area contributed by atoms with Crippen LogP contribution in [0.15, 0.2) is 18.2 Å². The summed E-state index contributed by atoms with van der Waals surface area (Å²) in [6.45, 7) is 0. The molecule has 0 radical (unpaired) electrons. The lowest BCUT2D eigenvalue weighted by Crippen LogP contribution is -1.84. The van der Waals surface area contributed by atoms with Crippen molar-refractivity contribution >= 4 is 18.9 Å². The van der Waals surface area contributed by atoms with Gasteiger partial charge in [-0.05, 0) is 12.1 Å². The van der Waals surface area contributed by atoms with E-state index in [0.717, 1.165) is 0 Å². The van der Waals surface area contributed by atoms with Gasteiger partial charge in [0.1, 0.15) is 5.75 Å². The van der Waals surface area contributed by atoms with Crippen molar-refractivity contribution in [2.45, 2.75) is 6.42 Å². The number of aldehydes is 1. The average Bonchev–Trinajstić information content (AvgIpc) is 2.21. The first kappa shape index (κ1) is 10.7. The Morgan fingerprint density at radius 3 is 2.93 bits per heavy atom. The highest BCUT2D eigenvalue weighted by Gasteiger charge is 2.02. The predicted octanol–water partition coefficient (Wildman–Crippen LogP) is 1.88. The number of benzene rings is 1. The Hall–Kier alpha value is -1.40. The molecule has 0 aliphatic heterocycles. The first-order chi connectivity index (χ1) is 6.79. The number of rotatable bonds is 2. The summed E-state index contributed by atoms with van der Waals surface area (Å²) in [5, 5.41) is 9.54. The van der Waals surface area contributed by atoms with E-state index >= 15 is 0 Å². The summed E-state index contributed by atoms with van der Waals surface area (Å²) in [6, 6.07) is 4.91. The summed E-state index contributed by atoms with van der Waals surface area (Å²) >= 11 is 4.01. The molecule has 1 N–H and O–H groups in total. The number of para-hydroxylation sites is 1. The fraction of sp³-hybridized carbons (Fsp3) is 0.182. The largest absolute Gasteiger partial charge is 0.506 e. The fourth-order valence-electron chi connectivity index (χ4n) is 0.971. The standard InChI is InChI=1S/C11H10O2S/c12-8-10-6-3-5-9(11(10)13)4-1-2-7-14/h3,5-6,8,13-14H,2,7H2. The van der Waals surface area contributed by atoms with Crippen LogP contribution in [0, 0.1) is 11.8 Å². The van der Waals surface area contributed by atoms with Crippen molar-refractivity contribution in [2.75, 3.05) is 5.75 Å². The van der Waals surface area contributed by atoms with Gasteiger partial charge in [0.2, 0.25) is 0 Å². The van der Waals surface area contributed by atoms with Crippen LogP contribution in [-0.4, -0.2) is 17.1 Å². The van der Waals surface area contributed by atoms with Gasteiger partial charge in [0.25, 0.3) is 0 Å². The van der Waals surface area contributed by atoms with Crippen LogP contribution in [0.5, 0.6) is 5.75 Å². The van der Waals surface area contributed by atoms with Gasteiger partial charge in [-0.15, -0.1) is 0 Å². The Bertz CT molecular complexity index is 388. The fourth-order valence-corrected chi connectivity index (χ4v) is 1.08. The summed E-state index contributed by atoms with van der Waals surface area (Å²) in [5.41, 5.74) is 0.749. The quantitative estimate of drug-likeness (QED) is 0.440. The molecule has 0 amide bonds. The predicted molar refractivity (Wildman–Crippen MR) is 58.8 cm³/mol. The second-order valence-electron chi connectivity index (χ2n) is 2.64. The third-order valence-electron chi connectivity index (χ3n) is 1.65. The summed E-state index contributed by atoms with van der Waals surface area (Å²) in [5.74, 6) is 6.26. The average molecular weight is 206 g/mol. The SMILES string of the molecule is O=Cc1cccc(C#CCCS)c1O. The molecule has 1 aromatic rings. The Kier molecular flexibility index (Phi) is 4.09. The number of aromatic hydroxyl groups is 1. The second-order valence-corrected chi connectivity index (χ2v) is 3.08. The first-order valence-electron chi connectivity index (χ1n) is 4.16. The van der Waals surface area contributed by atoms with E-state index in [1.807, 2.05) is 0 Å². The number of carbonyl (C=O) groups is 1. The van der Waals surface area contributed by atoms with E-state index in [1.54, 1.807) is 18.2 Å². The van der Waals surface area contributed by atoms with E-state index in [4.69, 9.17) is 0 Å². The minimum atomic E-state index is -0.0471. The smallest absolute Gasteiger partial charge is 0.153 e. The van der Waals surface area contributed by atoms with Crippen LogP contribution >= 0.6 is 12.6 Å². The molecular weight excluding hydrogens is 196 g/mol. The van der Waals surface area contributed by atoms with Gasteiger partial charge in [0.15, 0.2) is 6.29 Å². The summed E-state index contributed by atoms with van der Waals surface area (Å²) in [4.78, 5) is 10.5. The molecule has 1 aromatic carbocycles. The molecule has 0 aliphatic carbocycles. The van der Waals surface area contributed by atoms with E-state index in [0.29, 0.717) is 24.0 Å². The van der Waals surface area contributed by atoms with Crippen LogP contribution in [-0.2, 0) is 0 Å². The third-order valence-corrected chi connectivity index (χ3v) is 1.88. The van der Waals surface area contributed by atoms with Crippen molar-refractivity contribution < 1.29 is 9.90 Å². The molecule has 0 heterocycles. The van der Waals surface area contributed by atoms with Crippen LogP contribution < -0.4 is 0 Å². The maximum Gasteiger partial charge on any atom is 0.153 e. The number of phenols is 1. The van der Waals surface area contributed by atoms with E-state index in [2.05, 4.69) is 24.5 Å². The lowest BCUT2D eigenvalue weighted by Gasteiger charge is -1.98. The molecule has 0 unspecified atom stereocenters. The van der Waals surface area contributed by atoms with E-state index < -0.39 is 0 Å². The highest BCUT2D eigenvalue weighted by atomic mass is 32.1. The zero-order valence-corrected chi connectivity index (χ0v) is 8.42. The van der Waals surface area contributed by atoms with E-state index in [9.17, 15) is 9.90 Å². The van der Waals surface area contributed by atoms with Gasteiger partial charge in [-0.25, -0.2) is 0 Å². The second kappa shape index (κ2) is 5.36. The van der Waals surface area contributed by atoms with Crippen LogP contribution in [0.1, 0.15) is 22.3 Å². The molecule has 72 valence electrons. The van der Waals surface area contributed by atoms with Crippen LogP contribution in [0.3, 0.4) is 0 Å². The number of phenolic OH excluding ortho intramolecular Hbond substituents is 1. The monoisotopic (exact) mass is 206 g/mol. The number of hydrogen-bond acceptors (Lipinski definition) is 3. The summed E-state index contributed by atoms with van der Waals surface area (Å²) in [7, 11) is 0. The van der Waals surface area contributed by atoms with Crippen molar-refractivity contribution in [3.63, 3.8) is 0 Å². The molecule has 3 heteroatoms. The summed E-state index contributed by atoms with van der Waals surface area (Å²) < 4.78 is 0. The van der Waals surface area contributed by atoms with Gasteiger partial charge in [-0.1, -0.05) is 17.9 Å². The first-order valence-corrected chi connectivity index (χ1v) is 4.79. The van der Waals surface area contributed by atoms with Crippen molar-refractivity contribution in [1.82, 2.24) is 0 Å². The molecule has 2 nitrogen and oxygen atoms in total. The van der Waals surface area contributed by atoms with Crippen molar-refractivity contribution in [2.24, 2.45) is 0 Å². The molecule has 0 bridgehead atoms. The molecule has 0 spiro atoms. The van der Waals surface area contributed by atoms with Gasteiger partial charge in [-0.3, -0.25) is 4.79 Å². The van der Waals surface area contributed by atoms with Crippen molar-refractivity contribution in [3.8, 4) is 17.6 Å². The molecule has 0 atom stereocenters. The zero-order valence-electron chi connectivity index (χ0n) is 7.53. The van der Waals surface area contributed by atoms with Crippen molar-refractivity contribution in [1.29, 1.82) is 0 Å². The van der Waals surface area contributed by atoms with Gasteiger partial charge < -0.3 is 5.11 Å². The number of thiol groups is 1. The topological polar surface area (TPSA) is 37.3 Å². The number of carbonyl (C=O) groups excluding carboxylic acids is 1. The highest BCUT2D eigenvalue weighted by molar-refractivity contribution is 7.80. The van der Waals surface area contributed by atoms with Crippen LogP contribution in [0.4, 0.5) is 0 Å². The maximum absolute atomic E-state index is 10.5. The maximum atomic E-state index is 10.5. The third kappa shape index (κ3) is 2.54. The van der Waals surface area contributed by atoms with E-state index in [-0.39, 0.29) is 11.3 Å². The molecule has 14 heavy (non-hydrogen) atoms. The van der Waals surface area contributed by atoms with Crippen LogP contribution in [0.25, 0.3) is 0 Å². The minimum Gasteiger partial charge on any atom is -0.506 e. The van der Waals surface area contributed by atoms with Gasteiger partial charge in [0, 0.05) is 12.2 Å². The van der Waals surface area contributed by atoms with Gasteiger partial charge in [0.05, 0.1) is 11.1 Å². The Morgan fingerprint density at radius 1 is 1.50 bits per heavy atom. The zero-order chi connectivity index (χ0) is 10.4.